The molecule has 0 saturated heterocycles. The summed E-state index contributed by atoms with van der Waals surface area (Å²) in [6, 6.07) is 49.7. The summed E-state index contributed by atoms with van der Waals surface area (Å²) in [7, 11) is 0. The summed E-state index contributed by atoms with van der Waals surface area (Å²) < 4.78 is 0. The van der Waals surface area contributed by atoms with Gasteiger partial charge in [-0.05, 0) is 132 Å². The molecule has 0 atom stereocenters. The van der Waals surface area contributed by atoms with Crippen LogP contribution in [-0.4, -0.2) is 0 Å². The fourth-order valence-electron chi connectivity index (χ4n) is 8.10. The smallest absolute Gasteiger partial charge is 0.0738 e. The van der Waals surface area contributed by atoms with E-state index < -0.39 is 0 Å². The molecule has 2 aliphatic carbocycles. The standard InChI is InChI=1S/C44H38N2/c1-3-11-31(12-4-1)33-19-25-37(26-20-33)45-41-29-23-36-16-8-10-18-40(36)44(41)46(42-30-24-35-15-7-9-17-39(35)43(42)45)38-27-21-34(22-28-38)32-13-5-2-6-14-32/h1-6,11-14,19-30H,7-10,15-18H2. The minimum absolute atomic E-state index is 1.12. The van der Waals surface area contributed by atoms with Crippen molar-refractivity contribution >= 4 is 34.1 Å². The van der Waals surface area contributed by atoms with Crippen LogP contribution in [0.4, 0.5) is 34.1 Å². The Hall–Kier alpha value is -5.08. The second-order valence-electron chi connectivity index (χ2n) is 13.1. The van der Waals surface area contributed by atoms with Gasteiger partial charge in [0.05, 0.1) is 22.7 Å². The number of nitrogens with zero attached hydrogens (tertiary/aromatic N) is 2. The Morgan fingerprint density at radius 1 is 0.326 bits per heavy atom. The first-order valence-electron chi connectivity index (χ1n) is 17.0. The highest BCUT2D eigenvalue weighted by Gasteiger charge is 2.36. The summed E-state index contributed by atoms with van der Waals surface area (Å²) in [6.07, 6.45) is 9.59. The number of hydrogen-bond donors (Lipinski definition) is 0. The van der Waals surface area contributed by atoms with Crippen LogP contribution < -0.4 is 9.80 Å². The summed E-state index contributed by atoms with van der Waals surface area (Å²) in [6.45, 7) is 0. The number of aryl methyl sites for hydroxylation is 2. The number of benzene rings is 6. The van der Waals surface area contributed by atoms with E-state index in [1.807, 2.05) is 0 Å². The molecule has 6 aromatic rings. The third kappa shape index (κ3) is 4.55. The molecule has 6 aromatic carbocycles. The molecule has 0 N–H and O–H groups in total. The predicted molar refractivity (Wildman–Crippen MR) is 194 cm³/mol. The van der Waals surface area contributed by atoms with Crippen LogP contribution in [0.25, 0.3) is 22.3 Å². The molecule has 1 aliphatic heterocycles. The van der Waals surface area contributed by atoms with E-state index in [0.717, 1.165) is 25.7 Å². The van der Waals surface area contributed by atoms with Crippen molar-refractivity contribution in [2.75, 3.05) is 9.80 Å². The average Bonchev–Trinajstić information content (AvgIpc) is 3.14. The molecule has 0 saturated carbocycles. The van der Waals surface area contributed by atoms with E-state index in [1.54, 1.807) is 0 Å². The highest BCUT2D eigenvalue weighted by Crippen LogP contribution is 2.58. The van der Waals surface area contributed by atoms with Gasteiger partial charge in [-0.3, -0.25) is 0 Å². The van der Waals surface area contributed by atoms with Crippen molar-refractivity contribution in [3.8, 4) is 22.3 Å². The number of anilines is 6. The first kappa shape index (κ1) is 27.2. The molecular weight excluding hydrogens is 556 g/mol. The minimum Gasteiger partial charge on any atom is -0.306 e. The van der Waals surface area contributed by atoms with Crippen molar-refractivity contribution in [1.82, 2.24) is 0 Å². The van der Waals surface area contributed by atoms with E-state index in [9.17, 15) is 0 Å². The van der Waals surface area contributed by atoms with Crippen LogP contribution in [0.3, 0.4) is 0 Å². The van der Waals surface area contributed by atoms with Crippen LogP contribution in [-0.2, 0) is 25.7 Å². The SMILES string of the molecule is c1ccc(-c2ccc(N3c4ccc5c(c4N(c4ccc(-c6ccccc6)cc4)c4ccc6c(c43)CCCC6)CCCC5)cc2)cc1. The van der Waals surface area contributed by atoms with Gasteiger partial charge in [0, 0.05) is 11.4 Å². The Kier molecular flexibility index (Phi) is 6.74. The molecule has 0 bridgehead atoms. The number of rotatable bonds is 4. The van der Waals surface area contributed by atoms with Crippen LogP contribution >= 0.6 is 0 Å². The topological polar surface area (TPSA) is 6.48 Å². The fraction of sp³-hybridized carbons (Fsp3) is 0.182. The molecule has 224 valence electrons. The lowest BCUT2D eigenvalue weighted by atomic mass is 9.85. The van der Waals surface area contributed by atoms with Crippen LogP contribution in [0.1, 0.15) is 47.9 Å². The molecule has 0 unspecified atom stereocenters. The molecule has 0 aromatic heterocycles. The summed E-state index contributed by atoms with van der Waals surface area (Å²) >= 11 is 0. The van der Waals surface area contributed by atoms with E-state index in [0.29, 0.717) is 0 Å². The second-order valence-corrected chi connectivity index (χ2v) is 13.1. The normalized spacial score (nSPS) is 15.0. The summed E-state index contributed by atoms with van der Waals surface area (Å²) in [5.74, 6) is 0. The molecule has 9 rings (SSSR count). The molecule has 3 aliphatic rings. The third-order valence-electron chi connectivity index (χ3n) is 10.4. The monoisotopic (exact) mass is 594 g/mol. The van der Waals surface area contributed by atoms with Crippen molar-refractivity contribution in [3.05, 3.63) is 156 Å². The lowest BCUT2D eigenvalue weighted by Crippen LogP contribution is -2.28. The van der Waals surface area contributed by atoms with Gasteiger partial charge in [-0.25, -0.2) is 0 Å². The maximum atomic E-state index is 2.60. The summed E-state index contributed by atoms with van der Waals surface area (Å²) in [4.78, 5) is 5.21. The molecule has 0 fully saturated rings. The summed E-state index contributed by atoms with van der Waals surface area (Å²) in [5.41, 5.74) is 18.9. The Balaban J connectivity index is 1.26. The van der Waals surface area contributed by atoms with Crippen molar-refractivity contribution in [1.29, 1.82) is 0 Å². The number of hydrogen-bond acceptors (Lipinski definition) is 2. The predicted octanol–water partition coefficient (Wildman–Crippen LogP) is 12.0. The lowest BCUT2D eigenvalue weighted by Gasteiger charge is -2.44. The maximum Gasteiger partial charge on any atom is 0.0738 e. The van der Waals surface area contributed by atoms with E-state index >= 15 is 0 Å². The largest absolute Gasteiger partial charge is 0.306 e. The minimum atomic E-state index is 1.12. The van der Waals surface area contributed by atoms with Gasteiger partial charge in [0.15, 0.2) is 0 Å². The Bertz CT molecular complexity index is 1880. The van der Waals surface area contributed by atoms with Gasteiger partial charge in [-0.1, -0.05) is 97.1 Å². The molecule has 0 radical (unpaired) electrons. The van der Waals surface area contributed by atoms with Gasteiger partial charge in [0.25, 0.3) is 0 Å². The van der Waals surface area contributed by atoms with Gasteiger partial charge in [0.1, 0.15) is 0 Å². The Morgan fingerprint density at radius 2 is 0.696 bits per heavy atom. The highest BCUT2D eigenvalue weighted by molar-refractivity contribution is 6.04. The molecule has 0 amide bonds. The van der Waals surface area contributed by atoms with Crippen molar-refractivity contribution in [3.63, 3.8) is 0 Å². The van der Waals surface area contributed by atoms with Crippen LogP contribution in [0.2, 0.25) is 0 Å². The van der Waals surface area contributed by atoms with E-state index in [4.69, 9.17) is 0 Å². The molecule has 46 heavy (non-hydrogen) atoms. The van der Waals surface area contributed by atoms with Crippen molar-refractivity contribution < 1.29 is 0 Å². The van der Waals surface area contributed by atoms with E-state index in [1.165, 1.54) is 104 Å². The number of fused-ring (bicyclic) bond motifs is 6. The zero-order valence-corrected chi connectivity index (χ0v) is 26.3. The van der Waals surface area contributed by atoms with E-state index in [2.05, 4.69) is 143 Å². The van der Waals surface area contributed by atoms with Gasteiger partial charge >= 0.3 is 0 Å². The van der Waals surface area contributed by atoms with Gasteiger partial charge in [0.2, 0.25) is 0 Å². The third-order valence-corrected chi connectivity index (χ3v) is 10.4. The molecule has 2 nitrogen and oxygen atoms in total. The van der Waals surface area contributed by atoms with Crippen LogP contribution in [0, 0.1) is 0 Å². The maximum absolute atomic E-state index is 2.60. The van der Waals surface area contributed by atoms with Gasteiger partial charge in [-0.2, -0.15) is 0 Å². The zero-order valence-electron chi connectivity index (χ0n) is 26.3. The average molecular weight is 595 g/mol. The quantitative estimate of drug-likeness (QED) is 0.200. The van der Waals surface area contributed by atoms with Crippen LogP contribution in [0.15, 0.2) is 133 Å². The first-order chi connectivity index (χ1) is 22.8. The Morgan fingerprint density at radius 3 is 1.11 bits per heavy atom. The highest BCUT2D eigenvalue weighted by atomic mass is 15.3. The van der Waals surface area contributed by atoms with E-state index in [-0.39, 0.29) is 0 Å². The molecule has 1 heterocycles. The van der Waals surface area contributed by atoms with Gasteiger partial charge < -0.3 is 9.80 Å². The molecule has 0 spiro atoms. The molecular formula is C44H38N2. The van der Waals surface area contributed by atoms with Crippen molar-refractivity contribution in [2.24, 2.45) is 0 Å². The molecule has 2 heteroatoms. The zero-order chi connectivity index (χ0) is 30.5. The Labute approximate surface area is 272 Å². The first-order valence-corrected chi connectivity index (χ1v) is 17.0. The summed E-state index contributed by atoms with van der Waals surface area (Å²) in [5, 5.41) is 0. The van der Waals surface area contributed by atoms with Crippen LogP contribution in [0.5, 0.6) is 0 Å². The fourth-order valence-corrected chi connectivity index (χ4v) is 8.10. The lowest BCUT2D eigenvalue weighted by molar-refractivity contribution is 0.682. The second kappa shape index (κ2) is 11.4. The van der Waals surface area contributed by atoms with Crippen molar-refractivity contribution in [2.45, 2.75) is 51.4 Å². The van der Waals surface area contributed by atoms with Gasteiger partial charge in [-0.15, -0.1) is 0 Å².